The lowest BCUT2D eigenvalue weighted by Crippen LogP contribution is -2.46. The Bertz CT molecular complexity index is 536. The zero-order valence-corrected chi connectivity index (χ0v) is 12.4. The molecule has 6 heteroatoms. The van der Waals surface area contributed by atoms with Crippen molar-refractivity contribution in [3.05, 3.63) is 18.2 Å². The minimum Gasteiger partial charge on any atom is -0.354 e. The van der Waals surface area contributed by atoms with E-state index in [4.69, 9.17) is 0 Å². The molecule has 1 N–H and O–H groups in total. The van der Waals surface area contributed by atoms with E-state index in [0.29, 0.717) is 25.4 Å². The van der Waals surface area contributed by atoms with Crippen LogP contribution >= 0.6 is 0 Å². The molecular weight excluding hydrogens is 268 g/mol. The Labute approximate surface area is 124 Å². The monoisotopic (exact) mass is 290 g/mol. The lowest BCUT2D eigenvalue weighted by Gasteiger charge is -2.33. The van der Waals surface area contributed by atoms with Crippen LogP contribution in [0.25, 0.3) is 0 Å². The van der Waals surface area contributed by atoms with Crippen LogP contribution in [0.4, 0.5) is 0 Å². The first-order chi connectivity index (χ1) is 10.2. The van der Waals surface area contributed by atoms with Gasteiger partial charge in [0.15, 0.2) is 0 Å². The molecule has 2 amide bonds. The summed E-state index contributed by atoms with van der Waals surface area (Å²) >= 11 is 0. The van der Waals surface area contributed by atoms with E-state index < -0.39 is 0 Å². The van der Waals surface area contributed by atoms with Gasteiger partial charge < -0.3 is 14.8 Å². The number of nitrogens with one attached hydrogen (secondary N) is 1. The number of carbonyl (C=O) groups excluding carboxylic acids is 2. The number of aromatic nitrogens is 2. The van der Waals surface area contributed by atoms with Gasteiger partial charge in [-0.3, -0.25) is 9.59 Å². The number of rotatable bonds is 5. The summed E-state index contributed by atoms with van der Waals surface area (Å²) in [5.41, 5.74) is 0.928. The third-order valence-electron chi connectivity index (χ3n) is 4.21. The van der Waals surface area contributed by atoms with Gasteiger partial charge in [-0.1, -0.05) is 6.92 Å². The molecule has 1 fully saturated rings. The molecule has 21 heavy (non-hydrogen) atoms. The van der Waals surface area contributed by atoms with Crippen molar-refractivity contribution < 1.29 is 9.59 Å². The van der Waals surface area contributed by atoms with Crippen molar-refractivity contribution in [3.8, 4) is 0 Å². The lowest BCUT2D eigenvalue weighted by atomic mass is 10.1. The average molecular weight is 290 g/mol. The van der Waals surface area contributed by atoms with Gasteiger partial charge in [-0.15, -0.1) is 0 Å². The minimum absolute atomic E-state index is 0.00449. The van der Waals surface area contributed by atoms with Gasteiger partial charge in [0, 0.05) is 19.2 Å². The van der Waals surface area contributed by atoms with Crippen molar-refractivity contribution in [2.75, 3.05) is 13.1 Å². The third kappa shape index (κ3) is 3.09. The maximum absolute atomic E-state index is 12.4. The normalized spacial score (nSPS) is 21.0. The molecule has 0 unspecified atom stereocenters. The molecule has 1 aromatic heterocycles. The second-order valence-electron chi connectivity index (χ2n) is 6.02. The van der Waals surface area contributed by atoms with Crippen LogP contribution in [0.3, 0.4) is 0 Å². The molecule has 0 saturated heterocycles. The number of carbonyl (C=O) groups is 2. The number of fused-ring (bicyclic) bond motifs is 1. The summed E-state index contributed by atoms with van der Waals surface area (Å²) in [5.74, 6) is 0.762. The molecule has 1 saturated carbocycles. The molecule has 1 aliphatic heterocycles. The van der Waals surface area contributed by atoms with Crippen molar-refractivity contribution >= 4 is 11.8 Å². The summed E-state index contributed by atoms with van der Waals surface area (Å²) in [7, 11) is 0. The zero-order valence-electron chi connectivity index (χ0n) is 12.4. The van der Waals surface area contributed by atoms with Crippen LogP contribution < -0.4 is 5.32 Å². The Morgan fingerprint density at radius 1 is 1.43 bits per heavy atom. The van der Waals surface area contributed by atoms with E-state index in [9.17, 15) is 9.59 Å². The van der Waals surface area contributed by atoms with E-state index in [0.717, 1.165) is 18.7 Å². The molecule has 2 heterocycles. The first-order valence-corrected chi connectivity index (χ1v) is 7.75. The Kier molecular flexibility index (Phi) is 3.94. The fourth-order valence-corrected chi connectivity index (χ4v) is 2.75. The summed E-state index contributed by atoms with van der Waals surface area (Å²) < 4.78 is 1.90. The van der Waals surface area contributed by atoms with Crippen LogP contribution in [-0.2, 0) is 16.1 Å². The van der Waals surface area contributed by atoms with Crippen molar-refractivity contribution in [1.29, 1.82) is 0 Å². The molecular formula is C15H22N4O2. The van der Waals surface area contributed by atoms with Crippen molar-refractivity contribution in [1.82, 2.24) is 19.8 Å². The molecule has 1 aliphatic carbocycles. The van der Waals surface area contributed by atoms with Gasteiger partial charge in [0.1, 0.15) is 6.04 Å². The maximum Gasteiger partial charge on any atom is 0.244 e. The van der Waals surface area contributed by atoms with E-state index in [1.165, 1.54) is 12.8 Å². The van der Waals surface area contributed by atoms with Crippen LogP contribution in [0, 0.1) is 5.92 Å². The van der Waals surface area contributed by atoms with Gasteiger partial charge >= 0.3 is 0 Å². The SMILES string of the molecule is CCCC(=O)N1Cc2cncn2[C@@H](C(=O)NCC2CC2)C1. The van der Waals surface area contributed by atoms with E-state index in [1.54, 1.807) is 17.4 Å². The van der Waals surface area contributed by atoms with Crippen LogP contribution in [0.1, 0.15) is 44.3 Å². The molecule has 6 nitrogen and oxygen atoms in total. The second-order valence-corrected chi connectivity index (χ2v) is 6.02. The zero-order chi connectivity index (χ0) is 14.8. The summed E-state index contributed by atoms with van der Waals surface area (Å²) in [6.07, 6.45) is 7.22. The van der Waals surface area contributed by atoms with E-state index in [-0.39, 0.29) is 17.9 Å². The van der Waals surface area contributed by atoms with Gasteiger partial charge in [0.2, 0.25) is 11.8 Å². The Morgan fingerprint density at radius 2 is 2.24 bits per heavy atom. The van der Waals surface area contributed by atoms with Crippen molar-refractivity contribution in [2.24, 2.45) is 5.92 Å². The molecule has 0 bridgehead atoms. The van der Waals surface area contributed by atoms with Gasteiger partial charge in [-0.05, 0) is 25.2 Å². The Balaban J connectivity index is 1.71. The van der Waals surface area contributed by atoms with E-state index in [1.807, 2.05) is 11.5 Å². The molecule has 0 spiro atoms. The van der Waals surface area contributed by atoms with Crippen LogP contribution in [0.15, 0.2) is 12.5 Å². The fourth-order valence-electron chi connectivity index (χ4n) is 2.75. The lowest BCUT2D eigenvalue weighted by molar-refractivity contribution is -0.135. The molecule has 114 valence electrons. The summed E-state index contributed by atoms with van der Waals surface area (Å²) in [6.45, 7) is 3.73. The highest BCUT2D eigenvalue weighted by Crippen LogP contribution is 2.28. The predicted molar refractivity (Wildman–Crippen MR) is 77.3 cm³/mol. The molecule has 2 aliphatic rings. The highest BCUT2D eigenvalue weighted by Gasteiger charge is 2.32. The smallest absolute Gasteiger partial charge is 0.244 e. The number of nitrogens with zero attached hydrogens (tertiary/aromatic N) is 3. The van der Waals surface area contributed by atoms with Crippen molar-refractivity contribution in [3.63, 3.8) is 0 Å². The van der Waals surface area contributed by atoms with Gasteiger partial charge in [-0.25, -0.2) is 4.98 Å². The van der Waals surface area contributed by atoms with Gasteiger partial charge in [0.05, 0.1) is 25.1 Å². The maximum atomic E-state index is 12.4. The summed E-state index contributed by atoms with van der Waals surface area (Å²) in [6, 6.07) is -0.351. The fraction of sp³-hybridized carbons (Fsp3) is 0.667. The van der Waals surface area contributed by atoms with Crippen LogP contribution in [-0.4, -0.2) is 39.4 Å². The second kappa shape index (κ2) is 5.87. The van der Waals surface area contributed by atoms with E-state index >= 15 is 0 Å². The first-order valence-electron chi connectivity index (χ1n) is 7.75. The van der Waals surface area contributed by atoms with Crippen LogP contribution in [0.5, 0.6) is 0 Å². The molecule has 3 rings (SSSR count). The van der Waals surface area contributed by atoms with Gasteiger partial charge in [-0.2, -0.15) is 0 Å². The first kappa shape index (κ1) is 14.1. The highest BCUT2D eigenvalue weighted by atomic mass is 16.2. The number of imidazole rings is 1. The number of amides is 2. The number of hydrogen-bond donors (Lipinski definition) is 1. The van der Waals surface area contributed by atoms with Crippen LogP contribution in [0.2, 0.25) is 0 Å². The van der Waals surface area contributed by atoms with Crippen molar-refractivity contribution in [2.45, 2.75) is 45.2 Å². The topological polar surface area (TPSA) is 67.2 Å². The molecule has 0 aromatic carbocycles. The molecule has 1 aromatic rings. The standard InChI is InChI=1S/C15H22N4O2/c1-2-3-14(20)18-8-12-7-16-10-19(12)13(9-18)15(21)17-6-11-4-5-11/h7,10-11,13H,2-6,8-9H2,1H3,(H,17,21)/t13-/m1/s1. The highest BCUT2D eigenvalue weighted by molar-refractivity contribution is 5.83. The van der Waals surface area contributed by atoms with E-state index in [2.05, 4.69) is 10.3 Å². The average Bonchev–Trinajstić information content (AvgIpc) is 3.19. The predicted octanol–water partition coefficient (Wildman–Crippen LogP) is 1.09. The number of hydrogen-bond acceptors (Lipinski definition) is 3. The summed E-state index contributed by atoms with van der Waals surface area (Å²) in [5, 5.41) is 3.01. The molecule has 1 atom stereocenters. The van der Waals surface area contributed by atoms with Gasteiger partial charge in [0.25, 0.3) is 0 Å². The third-order valence-corrected chi connectivity index (χ3v) is 4.21. The Morgan fingerprint density at radius 3 is 2.95 bits per heavy atom. The largest absolute Gasteiger partial charge is 0.354 e. The quantitative estimate of drug-likeness (QED) is 0.883. The summed E-state index contributed by atoms with van der Waals surface area (Å²) in [4.78, 5) is 30.5. The Hall–Kier alpha value is -1.85. The minimum atomic E-state index is -0.351. The molecule has 0 radical (unpaired) electrons.